The van der Waals surface area contributed by atoms with Crippen molar-refractivity contribution < 1.29 is 9.66 Å². The third-order valence-corrected chi connectivity index (χ3v) is 6.50. The molecule has 0 radical (unpaired) electrons. The summed E-state index contributed by atoms with van der Waals surface area (Å²) in [6, 6.07) is 8.79. The molecule has 0 unspecified atom stereocenters. The van der Waals surface area contributed by atoms with Gasteiger partial charge in [-0.15, -0.1) is 0 Å². The van der Waals surface area contributed by atoms with Gasteiger partial charge in [0.05, 0.1) is 46.3 Å². The summed E-state index contributed by atoms with van der Waals surface area (Å²) in [5, 5.41) is 19.8. The van der Waals surface area contributed by atoms with Gasteiger partial charge in [-0.3, -0.25) is 10.1 Å². The lowest BCUT2D eigenvalue weighted by molar-refractivity contribution is -0.384. The van der Waals surface area contributed by atoms with Crippen molar-refractivity contribution in [2.75, 3.05) is 50.6 Å². The van der Waals surface area contributed by atoms with E-state index in [9.17, 15) is 10.1 Å². The number of methoxy groups -OCH3 is 1. The maximum Gasteiger partial charge on any atom is 0.294 e. The van der Waals surface area contributed by atoms with E-state index in [-0.39, 0.29) is 19.1 Å². The van der Waals surface area contributed by atoms with Gasteiger partial charge in [0.1, 0.15) is 11.4 Å². The Bertz CT molecular complexity index is 1410. The normalized spacial score (nSPS) is 10.9. The zero-order chi connectivity index (χ0) is 26.5. The molecule has 1 N–H and O–H groups in total. The van der Waals surface area contributed by atoms with E-state index < -0.39 is 4.92 Å². The van der Waals surface area contributed by atoms with Crippen LogP contribution in [0.3, 0.4) is 0 Å². The molecule has 3 heterocycles. The van der Waals surface area contributed by atoms with Crippen LogP contribution in [-0.2, 0) is 0 Å². The lowest BCUT2D eigenvalue weighted by Gasteiger charge is -2.25. The minimum Gasteiger partial charge on any atom is -0.494 e. The Balaban J connectivity index is 0.00000400. The van der Waals surface area contributed by atoms with E-state index in [1.165, 1.54) is 19.4 Å². The third-order valence-electron chi connectivity index (χ3n) is 6.22. The predicted molar refractivity (Wildman–Crippen MR) is 152 cm³/mol. The number of anilines is 3. The smallest absolute Gasteiger partial charge is 0.294 e. The van der Waals surface area contributed by atoms with Crippen molar-refractivity contribution in [3.8, 4) is 17.0 Å². The molecule has 0 saturated carbocycles. The lowest BCUT2D eigenvalue weighted by atomic mass is 10.2. The van der Waals surface area contributed by atoms with Crippen molar-refractivity contribution in [2.45, 2.75) is 21.3 Å². The number of aromatic nitrogens is 4. The largest absolute Gasteiger partial charge is 0.494 e. The summed E-state index contributed by atoms with van der Waals surface area (Å²) >= 11 is 6.43. The van der Waals surface area contributed by atoms with E-state index in [4.69, 9.17) is 16.3 Å². The first-order valence-electron chi connectivity index (χ1n) is 11.9. The Kier molecular flexibility index (Phi) is 9.43. The molecule has 11 nitrogen and oxygen atoms in total. The highest BCUT2D eigenvalue weighted by Crippen LogP contribution is 2.39. The van der Waals surface area contributed by atoms with Crippen molar-refractivity contribution in [3.63, 3.8) is 0 Å². The van der Waals surface area contributed by atoms with Crippen LogP contribution in [0.5, 0.6) is 5.75 Å². The molecular weight excluding hydrogens is 508 g/mol. The van der Waals surface area contributed by atoms with Gasteiger partial charge in [0.25, 0.3) is 5.69 Å². The van der Waals surface area contributed by atoms with E-state index in [0.717, 1.165) is 30.7 Å². The molecule has 0 bridgehead atoms. The number of nitro benzene ring substituents is 1. The Morgan fingerprint density at radius 2 is 1.95 bits per heavy atom. The topological polar surface area (TPSA) is 114 Å². The second-order valence-electron chi connectivity index (χ2n) is 8.35. The Morgan fingerprint density at radius 3 is 2.63 bits per heavy atom. The van der Waals surface area contributed by atoms with Crippen LogP contribution in [0.4, 0.5) is 23.0 Å². The maximum atomic E-state index is 12.0. The Labute approximate surface area is 227 Å². The number of nitro groups is 1. The number of nitrogens with one attached hydrogen (secondary N) is 1. The average Bonchev–Trinajstić information content (AvgIpc) is 3.34. The summed E-state index contributed by atoms with van der Waals surface area (Å²) < 4.78 is 7.30. The second kappa shape index (κ2) is 12.5. The number of halogens is 1. The second-order valence-corrected chi connectivity index (χ2v) is 8.76. The summed E-state index contributed by atoms with van der Waals surface area (Å²) in [5.41, 5.74) is 2.83. The van der Waals surface area contributed by atoms with Gasteiger partial charge in [0.15, 0.2) is 0 Å². The molecule has 0 aliphatic heterocycles. The van der Waals surface area contributed by atoms with Crippen LogP contribution >= 0.6 is 11.6 Å². The van der Waals surface area contributed by atoms with Gasteiger partial charge < -0.3 is 19.9 Å². The fourth-order valence-electron chi connectivity index (χ4n) is 4.08. The fourth-order valence-corrected chi connectivity index (χ4v) is 4.27. The van der Waals surface area contributed by atoms with Crippen LogP contribution in [0.1, 0.15) is 21.3 Å². The molecule has 0 fully saturated rings. The molecule has 0 aliphatic carbocycles. The van der Waals surface area contributed by atoms with Crippen LogP contribution in [0.25, 0.3) is 16.8 Å². The summed E-state index contributed by atoms with van der Waals surface area (Å²) in [6.45, 7) is 7.42. The number of benzene rings is 1. The van der Waals surface area contributed by atoms with Crippen molar-refractivity contribution in [1.29, 1.82) is 0 Å². The van der Waals surface area contributed by atoms with E-state index in [2.05, 4.69) is 39.1 Å². The van der Waals surface area contributed by atoms with E-state index in [0.29, 0.717) is 34.4 Å². The molecule has 38 heavy (non-hydrogen) atoms. The van der Waals surface area contributed by atoms with Crippen LogP contribution in [0.2, 0.25) is 5.02 Å². The highest BCUT2D eigenvalue weighted by Gasteiger charge is 2.23. The summed E-state index contributed by atoms with van der Waals surface area (Å²) in [7, 11) is 3.35. The highest BCUT2D eigenvalue weighted by atomic mass is 35.5. The predicted octanol–water partition coefficient (Wildman–Crippen LogP) is 5.52. The van der Waals surface area contributed by atoms with E-state index in [1.807, 2.05) is 36.3 Å². The molecule has 12 heteroatoms. The molecule has 0 aliphatic rings. The molecule has 0 atom stereocenters. The highest BCUT2D eigenvalue weighted by molar-refractivity contribution is 6.33. The van der Waals surface area contributed by atoms with E-state index in [1.54, 1.807) is 16.8 Å². The Hall–Kier alpha value is -3.96. The molecule has 0 spiro atoms. The van der Waals surface area contributed by atoms with Gasteiger partial charge >= 0.3 is 0 Å². The van der Waals surface area contributed by atoms with Crippen molar-refractivity contribution >= 4 is 40.1 Å². The number of pyridine rings is 1. The summed E-state index contributed by atoms with van der Waals surface area (Å²) in [5.74, 6) is 0.635. The summed E-state index contributed by atoms with van der Waals surface area (Å²) in [6.07, 6.45) is 4.99. The zero-order valence-electron chi connectivity index (χ0n) is 21.2. The van der Waals surface area contributed by atoms with Gasteiger partial charge in [-0.1, -0.05) is 38.9 Å². The fraction of sp³-hybridized carbons (Fsp3) is 0.346. The number of hydrogen-bond donors (Lipinski definition) is 1. The van der Waals surface area contributed by atoms with Crippen molar-refractivity contribution in [1.82, 2.24) is 24.5 Å². The number of ether oxygens (including phenoxy) is 1. The van der Waals surface area contributed by atoms with Gasteiger partial charge in [0.2, 0.25) is 5.95 Å². The van der Waals surface area contributed by atoms with Gasteiger partial charge in [0, 0.05) is 44.0 Å². The molecule has 0 amide bonds. The molecule has 3 aromatic heterocycles. The lowest BCUT2D eigenvalue weighted by Crippen LogP contribution is -2.33. The number of fused-ring (bicyclic) bond motifs is 1. The van der Waals surface area contributed by atoms with Crippen LogP contribution < -0.4 is 15.0 Å². The first kappa shape index (κ1) is 28.6. The van der Waals surface area contributed by atoms with Crippen LogP contribution in [0, 0.1) is 10.1 Å². The SMILES string of the molecule is C.CCN(CC)CCN(C)c1cc(OC)c(Nc2ncc(Cl)c(-c3cnn4ccccc34)n2)cc1[N+](=O)[O-]. The number of nitrogens with zero attached hydrogens (tertiary/aromatic N) is 7. The molecule has 0 saturated heterocycles. The zero-order valence-corrected chi connectivity index (χ0v) is 21.9. The number of hydrogen-bond acceptors (Lipinski definition) is 9. The van der Waals surface area contributed by atoms with Crippen LogP contribution in [0.15, 0.2) is 48.9 Å². The molecule has 4 aromatic rings. The summed E-state index contributed by atoms with van der Waals surface area (Å²) in [4.78, 5) is 24.6. The van der Waals surface area contributed by atoms with E-state index >= 15 is 0 Å². The average molecular weight is 541 g/mol. The van der Waals surface area contributed by atoms with Gasteiger partial charge in [-0.25, -0.2) is 14.5 Å². The van der Waals surface area contributed by atoms with Crippen molar-refractivity contribution in [3.05, 3.63) is 64.1 Å². The standard InChI is InChI=1S/C25H29ClN8O3.CH4/c1-5-32(6-2)12-11-31(3)21-14-23(37-4)19(13-22(21)34(35)36)29-25-27-16-18(26)24(30-25)17-15-28-33-10-8-7-9-20(17)33;/h7-10,13-16H,5-6,11-12H2,1-4H3,(H,27,29,30);1H4. The molecule has 4 rings (SSSR count). The van der Waals surface area contributed by atoms with Gasteiger partial charge in [-0.2, -0.15) is 5.10 Å². The number of rotatable bonds is 11. The first-order valence-corrected chi connectivity index (χ1v) is 12.3. The minimum absolute atomic E-state index is 0. The maximum absolute atomic E-state index is 12.0. The number of likely N-dealkylation sites (N-methyl/N-ethyl adjacent to an activating group) is 2. The Morgan fingerprint density at radius 1 is 1.18 bits per heavy atom. The van der Waals surface area contributed by atoms with Crippen LogP contribution in [-0.4, -0.2) is 69.7 Å². The first-order chi connectivity index (χ1) is 17.9. The molecular formula is C26H33ClN8O3. The molecule has 1 aromatic carbocycles. The van der Waals surface area contributed by atoms with Gasteiger partial charge in [-0.05, 0) is 25.2 Å². The van der Waals surface area contributed by atoms with Crippen molar-refractivity contribution in [2.24, 2.45) is 0 Å². The molecule has 202 valence electrons. The quantitative estimate of drug-likeness (QED) is 0.194. The monoisotopic (exact) mass is 540 g/mol. The third kappa shape index (κ3) is 5.95. The minimum atomic E-state index is -0.402.